The van der Waals surface area contributed by atoms with Crippen molar-refractivity contribution in [1.82, 2.24) is 20.2 Å². The van der Waals surface area contributed by atoms with Gasteiger partial charge in [0.1, 0.15) is 11.5 Å². The minimum Gasteiger partial charge on any atom is -0.456 e. The Hall–Kier alpha value is -3.38. The Morgan fingerprint density at radius 3 is 2.59 bits per heavy atom. The largest absolute Gasteiger partial charge is 0.456 e. The molecule has 0 fully saturated rings. The van der Waals surface area contributed by atoms with Gasteiger partial charge < -0.3 is 15.0 Å². The van der Waals surface area contributed by atoms with Crippen molar-refractivity contribution in [3.63, 3.8) is 0 Å². The third kappa shape index (κ3) is 4.07. The summed E-state index contributed by atoms with van der Waals surface area (Å²) in [5.74, 6) is 2.63. The van der Waals surface area contributed by atoms with E-state index in [9.17, 15) is 0 Å². The van der Waals surface area contributed by atoms with Crippen molar-refractivity contribution >= 4 is 23.2 Å². The van der Waals surface area contributed by atoms with Crippen LogP contribution >= 0.6 is 11.6 Å². The highest BCUT2D eigenvalue weighted by Crippen LogP contribution is 2.25. The fourth-order valence-electron chi connectivity index (χ4n) is 2.53. The molecule has 0 aliphatic carbocycles. The van der Waals surface area contributed by atoms with Crippen molar-refractivity contribution in [3.8, 4) is 22.9 Å². The topological polar surface area (TPSA) is 75.7 Å². The summed E-state index contributed by atoms with van der Waals surface area (Å²) in [6.45, 7) is 1.95. The molecule has 0 bridgehead atoms. The molecule has 0 amide bonds. The van der Waals surface area contributed by atoms with Crippen LogP contribution in [0, 0.1) is 6.92 Å². The molecular weight excluding hydrogens is 362 g/mol. The van der Waals surface area contributed by atoms with E-state index in [4.69, 9.17) is 16.3 Å². The minimum absolute atomic E-state index is 0.558. The van der Waals surface area contributed by atoms with Crippen molar-refractivity contribution in [3.05, 3.63) is 77.6 Å². The van der Waals surface area contributed by atoms with E-state index in [1.807, 2.05) is 61.5 Å². The number of H-pyrrole nitrogens is 1. The lowest BCUT2D eigenvalue weighted by Gasteiger charge is -2.05. The van der Waals surface area contributed by atoms with E-state index in [0.29, 0.717) is 17.5 Å². The van der Waals surface area contributed by atoms with Crippen LogP contribution in [-0.2, 0) is 0 Å². The first-order valence-electron chi connectivity index (χ1n) is 8.31. The number of pyridine rings is 1. The number of hydrogen-bond acceptors (Lipinski definition) is 5. The predicted octanol–water partition coefficient (Wildman–Crippen LogP) is 5.36. The molecule has 0 unspecified atom stereocenters. The third-order valence-corrected chi connectivity index (χ3v) is 4.33. The van der Waals surface area contributed by atoms with Gasteiger partial charge in [-0.25, -0.2) is 0 Å². The molecular formula is C20H16ClN5O. The molecule has 6 nitrogen and oxygen atoms in total. The molecule has 2 aromatic carbocycles. The Morgan fingerprint density at radius 2 is 1.85 bits per heavy atom. The Balaban J connectivity index is 1.47. The van der Waals surface area contributed by atoms with Crippen molar-refractivity contribution in [1.29, 1.82) is 0 Å². The van der Waals surface area contributed by atoms with Crippen LogP contribution in [0.3, 0.4) is 0 Å². The number of benzene rings is 2. The standard InChI is InChI=1S/C20H16ClN5O/c1-13-11-15(6-9-18(13)21)23-20-24-19(25-26-20)14-4-7-16(8-5-14)27-17-3-2-10-22-12-17/h2-12H,1H3,(H2,23,24,25,26). The fourth-order valence-corrected chi connectivity index (χ4v) is 2.65. The molecule has 27 heavy (non-hydrogen) atoms. The van der Waals surface area contributed by atoms with E-state index in [2.05, 4.69) is 25.5 Å². The van der Waals surface area contributed by atoms with Crippen molar-refractivity contribution in [2.45, 2.75) is 6.92 Å². The number of halogens is 1. The zero-order valence-electron chi connectivity index (χ0n) is 14.5. The van der Waals surface area contributed by atoms with E-state index in [1.54, 1.807) is 12.4 Å². The van der Waals surface area contributed by atoms with E-state index >= 15 is 0 Å². The van der Waals surface area contributed by atoms with E-state index < -0.39 is 0 Å². The van der Waals surface area contributed by atoms with Crippen LogP contribution in [0.15, 0.2) is 67.0 Å². The van der Waals surface area contributed by atoms with Crippen LogP contribution in [0.25, 0.3) is 11.4 Å². The highest BCUT2D eigenvalue weighted by atomic mass is 35.5. The maximum absolute atomic E-state index is 6.05. The number of hydrogen-bond donors (Lipinski definition) is 2. The molecule has 0 atom stereocenters. The summed E-state index contributed by atoms with van der Waals surface area (Å²) in [5.41, 5.74) is 2.78. The number of aromatic amines is 1. The van der Waals surface area contributed by atoms with Crippen molar-refractivity contribution in [2.75, 3.05) is 5.32 Å². The van der Waals surface area contributed by atoms with Crippen LogP contribution in [0.5, 0.6) is 11.5 Å². The third-order valence-electron chi connectivity index (χ3n) is 3.91. The summed E-state index contributed by atoms with van der Waals surface area (Å²) >= 11 is 6.05. The van der Waals surface area contributed by atoms with Gasteiger partial charge in [0.05, 0.1) is 6.20 Å². The van der Waals surface area contributed by atoms with Gasteiger partial charge in [0.25, 0.3) is 0 Å². The first kappa shape index (κ1) is 17.1. The lowest BCUT2D eigenvalue weighted by atomic mass is 10.2. The smallest absolute Gasteiger partial charge is 0.226 e. The van der Waals surface area contributed by atoms with E-state index in [0.717, 1.165) is 27.6 Å². The zero-order valence-corrected chi connectivity index (χ0v) is 15.2. The van der Waals surface area contributed by atoms with Gasteiger partial charge in [-0.15, -0.1) is 10.2 Å². The highest BCUT2D eigenvalue weighted by molar-refractivity contribution is 6.31. The molecule has 4 aromatic rings. The summed E-state index contributed by atoms with van der Waals surface area (Å²) in [7, 11) is 0. The normalized spacial score (nSPS) is 10.6. The lowest BCUT2D eigenvalue weighted by molar-refractivity contribution is 0.480. The van der Waals surface area contributed by atoms with Gasteiger partial charge in [-0.3, -0.25) is 4.98 Å². The Labute approximate surface area is 161 Å². The average Bonchev–Trinajstić information content (AvgIpc) is 3.15. The van der Waals surface area contributed by atoms with Crippen molar-refractivity contribution in [2.24, 2.45) is 0 Å². The van der Waals surface area contributed by atoms with Crippen LogP contribution < -0.4 is 10.1 Å². The molecule has 4 rings (SSSR count). The summed E-state index contributed by atoms with van der Waals surface area (Å²) < 4.78 is 5.74. The van der Waals surface area contributed by atoms with Crippen LogP contribution in [0.2, 0.25) is 5.02 Å². The number of anilines is 2. The molecule has 134 valence electrons. The molecule has 0 saturated heterocycles. The molecule has 7 heteroatoms. The van der Waals surface area contributed by atoms with Crippen LogP contribution in [-0.4, -0.2) is 20.2 Å². The second-order valence-electron chi connectivity index (χ2n) is 5.93. The maximum atomic E-state index is 6.05. The summed E-state index contributed by atoms with van der Waals surface area (Å²) in [4.78, 5) is 7.19. The molecule has 0 saturated carbocycles. The summed E-state index contributed by atoms with van der Waals surface area (Å²) in [6.07, 6.45) is 3.37. The maximum Gasteiger partial charge on any atom is 0.226 e. The summed E-state index contributed by atoms with van der Waals surface area (Å²) in [6, 6.07) is 17.0. The molecule has 0 aliphatic heterocycles. The first-order valence-corrected chi connectivity index (χ1v) is 8.69. The highest BCUT2D eigenvalue weighted by Gasteiger charge is 2.07. The molecule has 0 spiro atoms. The zero-order chi connectivity index (χ0) is 18.6. The van der Waals surface area contributed by atoms with Gasteiger partial charge in [-0.1, -0.05) is 11.6 Å². The molecule has 0 radical (unpaired) electrons. The summed E-state index contributed by atoms with van der Waals surface area (Å²) in [5, 5.41) is 12.2. The monoisotopic (exact) mass is 377 g/mol. The molecule has 2 N–H and O–H groups in total. The predicted molar refractivity (Wildman–Crippen MR) is 106 cm³/mol. The van der Waals surface area contributed by atoms with Gasteiger partial charge in [-0.2, -0.15) is 0 Å². The van der Waals surface area contributed by atoms with E-state index in [1.165, 1.54) is 0 Å². The second-order valence-corrected chi connectivity index (χ2v) is 6.33. The number of nitrogens with zero attached hydrogens (tertiary/aromatic N) is 3. The molecule has 2 heterocycles. The number of aryl methyl sites for hydroxylation is 1. The second kappa shape index (κ2) is 7.47. The van der Waals surface area contributed by atoms with Gasteiger partial charge in [-0.05, 0) is 67.1 Å². The average molecular weight is 378 g/mol. The number of aromatic nitrogens is 4. The molecule has 0 aliphatic rings. The fraction of sp³-hybridized carbons (Fsp3) is 0.0500. The van der Waals surface area contributed by atoms with Gasteiger partial charge >= 0.3 is 0 Å². The van der Waals surface area contributed by atoms with Gasteiger partial charge in [0, 0.05) is 22.5 Å². The van der Waals surface area contributed by atoms with Gasteiger partial charge in [0.2, 0.25) is 5.95 Å². The Kier molecular flexibility index (Phi) is 4.72. The van der Waals surface area contributed by atoms with Gasteiger partial charge in [0.15, 0.2) is 5.82 Å². The Morgan fingerprint density at radius 1 is 1.00 bits per heavy atom. The van der Waals surface area contributed by atoms with E-state index in [-0.39, 0.29) is 0 Å². The molecule has 2 aromatic heterocycles. The Bertz CT molecular complexity index is 1050. The van der Waals surface area contributed by atoms with Crippen molar-refractivity contribution < 1.29 is 4.74 Å². The quantitative estimate of drug-likeness (QED) is 0.489. The SMILES string of the molecule is Cc1cc(Nc2nnc(-c3ccc(Oc4cccnc4)cc3)[nH]2)ccc1Cl. The van der Waals surface area contributed by atoms with Crippen LogP contribution in [0.4, 0.5) is 11.6 Å². The van der Waals surface area contributed by atoms with Crippen LogP contribution in [0.1, 0.15) is 5.56 Å². The first-order chi connectivity index (χ1) is 13.2. The number of rotatable bonds is 5. The number of ether oxygens (including phenoxy) is 1. The number of nitrogens with one attached hydrogen (secondary N) is 2. The minimum atomic E-state index is 0.558. The lowest BCUT2D eigenvalue weighted by Crippen LogP contribution is -1.93.